The number of guanidine groups is 1. The zero-order valence-corrected chi connectivity index (χ0v) is 14.5. The number of aliphatic carboxylic acids is 1. The topological polar surface area (TPSA) is 138 Å². The summed E-state index contributed by atoms with van der Waals surface area (Å²) in [4.78, 5) is 22.5. The highest BCUT2D eigenvalue weighted by atomic mass is 35.5. The number of amides is 1. The Kier molecular flexibility index (Phi) is 7.91. The van der Waals surface area contributed by atoms with Gasteiger partial charge in [-0.15, -0.1) is 12.4 Å². The molecule has 0 fully saturated rings. The first-order chi connectivity index (χ1) is 11.9. The van der Waals surface area contributed by atoms with Gasteiger partial charge in [0.25, 0.3) is 5.91 Å². The van der Waals surface area contributed by atoms with Crippen molar-refractivity contribution < 1.29 is 19.4 Å². The van der Waals surface area contributed by atoms with E-state index in [1.807, 2.05) is 0 Å². The first kappa shape index (κ1) is 20.8. The molecule has 0 atom stereocenters. The summed E-state index contributed by atoms with van der Waals surface area (Å²) in [7, 11) is 0. The number of rotatable bonds is 7. The quantitative estimate of drug-likeness (QED) is 0.368. The van der Waals surface area contributed by atoms with E-state index in [0.717, 1.165) is 5.56 Å². The highest BCUT2D eigenvalue weighted by Crippen LogP contribution is 2.13. The predicted octanol–water partition coefficient (Wildman–Crippen LogP) is 1.81. The molecule has 0 aromatic heterocycles. The van der Waals surface area contributed by atoms with E-state index >= 15 is 0 Å². The fourth-order valence-electron chi connectivity index (χ4n) is 1.99. The third kappa shape index (κ3) is 6.70. The first-order valence-corrected chi connectivity index (χ1v) is 7.37. The molecule has 0 aliphatic carbocycles. The van der Waals surface area contributed by atoms with E-state index in [2.05, 4.69) is 10.6 Å². The van der Waals surface area contributed by atoms with Crippen LogP contribution in [0, 0.1) is 5.41 Å². The van der Waals surface area contributed by atoms with Crippen molar-refractivity contribution in [1.29, 1.82) is 5.41 Å². The summed E-state index contributed by atoms with van der Waals surface area (Å²) >= 11 is 0. The average Bonchev–Trinajstić information content (AvgIpc) is 2.59. The maximum Gasteiger partial charge on any atom is 0.341 e. The van der Waals surface area contributed by atoms with Crippen molar-refractivity contribution in [2.75, 3.05) is 11.9 Å². The Morgan fingerprint density at radius 1 is 1.08 bits per heavy atom. The van der Waals surface area contributed by atoms with Crippen LogP contribution in [-0.4, -0.2) is 29.5 Å². The lowest BCUT2D eigenvalue weighted by Gasteiger charge is -2.08. The Morgan fingerprint density at radius 2 is 1.69 bits per heavy atom. The number of carboxylic acid groups (broad SMARTS) is 1. The Labute approximate surface area is 156 Å². The zero-order valence-electron chi connectivity index (χ0n) is 13.7. The highest BCUT2D eigenvalue weighted by Gasteiger charge is 2.06. The van der Waals surface area contributed by atoms with Gasteiger partial charge >= 0.3 is 5.97 Å². The van der Waals surface area contributed by atoms with Gasteiger partial charge in [-0.2, -0.15) is 0 Å². The van der Waals surface area contributed by atoms with Crippen LogP contribution in [0.2, 0.25) is 0 Å². The molecule has 6 N–H and O–H groups in total. The number of carbonyl (C=O) groups excluding carboxylic acids is 1. The van der Waals surface area contributed by atoms with Crippen molar-refractivity contribution in [1.82, 2.24) is 5.32 Å². The predicted molar refractivity (Wildman–Crippen MR) is 100.0 cm³/mol. The SMILES string of the molecule is Cl.N=C(N)Nc1ccc(C(=O)NCc2ccc(OCC(=O)O)cc2)cc1. The standard InChI is InChI=1S/C17H18N4O4.ClH/c18-17(19)21-13-5-3-12(4-6-13)16(24)20-9-11-1-7-14(8-2-11)25-10-15(22)23;/h1-8H,9-10H2,(H,20,24)(H,22,23)(H4,18,19,21);1H. The van der Waals surface area contributed by atoms with E-state index in [0.29, 0.717) is 23.5 Å². The number of hydrogen-bond donors (Lipinski definition) is 5. The molecule has 9 heteroatoms. The fraction of sp³-hybridized carbons (Fsp3) is 0.118. The van der Waals surface area contributed by atoms with Crippen LogP contribution in [0.15, 0.2) is 48.5 Å². The van der Waals surface area contributed by atoms with Gasteiger partial charge in [0.1, 0.15) is 5.75 Å². The van der Waals surface area contributed by atoms with E-state index < -0.39 is 12.6 Å². The van der Waals surface area contributed by atoms with Crippen molar-refractivity contribution in [3.8, 4) is 5.75 Å². The van der Waals surface area contributed by atoms with Crippen LogP contribution >= 0.6 is 12.4 Å². The van der Waals surface area contributed by atoms with Crippen LogP contribution in [0.4, 0.5) is 5.69 Å². The lowest BCUT2D eigenvalue weighted by atomic mass is 10.1. The number of nitrogens with one attached hydrogen (secondary N) is 3. The van der Waals surface area contributed by atoms with Crippen molar-refractivity contribution in [3.05, 3.63) is 59.7 Å². The van der Waals surface area contributed by atoms with Crippen molar-refractivity contribution in [3.63, 3.8) is 0 Å². The minimum Gasteiger partial charge on any atom is -0.482 e. The van der Waals surface area contributed by atoms with Crippen LogP contribution in [0.3, 0.4) is 0 Å². The molecular formula is C17H19ClN4O4. The number of ether oxygens (including phenoxy) is 1. The molecule has 1 amide bonds. The van der Waals surface area contributed by atoms with Crippen LogP contribution in [0.5, 0.6) is 5.75 Å². The number of carboxylic acids is 1. The van der Waals surface area contributed by atoms with E-state index in [4.69, 9.17) is 21.0 Å². The molecule has 2 aromatic carbocycles. The molecule has 2 aromatic rings. The van der Waals surface area contributed by atoms with Gasteiger partial charge in [0, 0.05) is 17.8 Å². The summed E-state index contributed by atoms with van der Waals surface area (Å²) in [5.41, 5.74) is 7.19. The molecule has 0 heterocycles. The molecule has 0 bridgehead atoms. The van der Waals surface area contributed by atoms with E-state index in [1.165, 1.54) is 0 Å². The molecule has 2 rings (SSSR count). The van der Waals surface area contributed by atoms with Gasteiger partial charge in [-0.25, -0.2) is 4.79 Å². The molecule has 0 saturated carbocycles. The zero-order chi connectivity index (χ0) is 18.2. The van der Waals surface area contributed by atoms with E-state index in [9.17, 15) is 9.59 Å². The van der Waals surface area contributed by atoms with Crippen LogP contribution in [0.1, 0.15) is 15.9 Å². The molecule has 0 saturated heterocycles. The van der Waals surface area contributed by atoms with Gasteiger partial charge in [0.05, 0.1) is 0 Å². The molecular weight excluding hydrogens is 360 g/mol. The molecule has 138 valence electrons. The summed E-state index contributed by atoms with van der Waals surface area (Å²) in [5.74, 6) is -1.000. The maximum absolute atomic E-state index is 12.1. The Bertz CT molecular complexity index is 763. The van der Waals surface area contributed by atoms with Gasteiger partial charge in [-0.1, -0.05) is 12.1 Å². The molecule has 0 aliphatic heterocycles. The number of hydrogen-bond acceptors (Lipinski definition) is 4. The van der Waals surface area contributed by atoms with Gasteiger partial charge in [0.15, 0.2) is 12.6 Å². The van der Waals surface area contributed by atoms with Crippen molar-refractivity contribution in [2.24, 2.45) is 5.73 Å². The summed E-state index contributed by atoms with van der Waals surface area (Å²) in [6.45, 7) is -0.0734. The van der Waals surface area contributed by atoms with Gasteiger partial charge in [0.2, 0.25) is 0 Å². The number of nitrogens with two attached hydrogens (primary N) is 1. The van der Waals surface area contributed by atoms with Crippen molar-refractivity contribution in [2.45, 2.75) is 6.54 Å². The molecule has 0 aliphatic rings. The summed E-state index contributed by atoms with van der Waals surface area (Å²) in [5, 5.41) is 21.1. The second kappa shape index (κ2) is 9.90. The molecule has 0 radical (unpaired) electrons. The monoisotopic (exact) mass is 378 g/mol. The molecule has 26 heavy (non-hydrogen) atoms. The van der Waals surface area contributed by atoms with Crippen molar-refractivity contribution >= 4 is 35.9 Å². The summed E-state index contributed by atoms with van der Waals surface area (Å²) in [6, 6.07) is 13.4. The Balaban J connectivity index is 0.00000338. The minimum atomic E-state index is -1.04. The minimum absolute atomic E-state index is 0. The van der Waals surface area contributed by atoms with Gasteiger partial charge < -0.3 is 26.2 Å². The first-order valence-electron chi connectivity index (χ1n) is 7.37. The van der Waals surface area contributed by atoms with Gasteiger partial charge in [-0.3, -0.25) is 10.2 Å². The third-order valence-electron chi connectivity index (χ3n) is 3.16. The van der Waals surface area contributed by atoms with Gasteiger partial charge in [-0.05, 0) is 42.0 Å². The van der Waals surface area contributed by atoms with E-state index in [1.54, 1.807) is 48.5 Å². The number of halogens is 1. The molecule has 0 spiro atoms. The van der Waals surface area contributed by atoms with Crippen LogP contribution in [-0.2, 0) is 11.3 Å². The lowest BCUT2D eigenvalue weighted by Crippen LogP contribution is -2.23. The molecule has 0 unspecified atom stereocenters. The highest BCUT2D eigenvalue weighted by molar-refractivity contribution is 5.95. The third-order valence-corrected chi connectivity index (χ3v) is 3.16. The Hall–Kier alpha value is -3.26. The fourth-order valence-corrected chi connectivity index (χ4v) is 1.99. The number of anilines is 1. The largest absolute Gasteiger partial charge is 0.482 e. The second-order valence-electron chi connectivity index (χ2n) is 5.13. The summed E-state index contributed by atoms with van der Waals surface area (Å²) < 4.78 is 5.04. The average molecular weight is 379 g/mol. The molecule has 8 nitrogen and oxygen atoms in total. The lowest BCUT2D eigenvalue weighted by molar-refractivity contribution is -0.139. The summed E-state index contributed by atoms with van der Waals surface area (Å²) in [6.07, 6.45) is 0. The number of benzene rings is 2. The number of carbonyl (C=O) groups is 2. The van der Waals surface area contributed by atoms with E-state index in [-0.39, 0.29) is 24.3 Å². The van der Waals surface area contributed by atoms with Crippen LogP contribution in [0.25, 0.3) is 0 Å². The van der Waals surface area contributed by atoms with Crippen LogP contribution < -0.4 is 21.1 Å². The Morgan fingerprint density at radius 3 is 2.23 bits per heavy atom. The normalized spacial score (nSPS) is 9.54. The second-order valence-corrected chi connectivity index (χ2v) is 5.13. The smallest absolute Gasteiger partial charge is 0.341 e. The maximum atomic E-state index is 12.1.